The fourth-order valence-corrected chi connectivity index (χ4v) is 2.36. The molecule has 1 nitrogen and oxygen atoms in total. The molecule has 0 amide bonds. The number of nitrogens with one attached hydrogen (secondary N) is 1. The maximum atomic E-state index is 13.4. The Morgan fingerprint density at radius 3 is 2.39 bits per heavy atom. The fraction of sp³-hybridized carbons (Fsp3) is 0.143. The molecule has 2 aromatic rings. The molecule has 0 aliphatic heterocycles. The number of rotatable bonds is 3. The predicted molar refractivity (Wildman–Crippen MR) is 77.6 cm³/mol. The number of aryl methyl sites for hydroxylation is 1. The van der Waals surface area contributed by atoms with Crippen LogP contribution in [0.3, 0.4) is 0 Å². The van der Waals surface area contributed by atoms with E-state index in [-0.39, 0.29) is 12.1 Å². The second-order valence-electron chi connectivity index (χ2n) is 4.01. The summed E-state index contributed by atoms with van der Waals surface area (Å²) in [6.45, 7) is 2.10. The Bertz CT molecular complexity index is 549. The molecule has 0 atom stereocenters. The molecule has 4 heteroatoms. The lowest BCUT2D eigenvalue weighted by molar-refractivity contribution is 0.560. The van der Waals surface area contributed by atoms with Gasteiger partial charge in [-0.25, -0.2) is 8.78 Å². The minimum Gasteiger partial charge on any atom is -0.381 e. The van der Waals surface area contributed by atoms with Crippen molar-refractivity contribution >= 4 is 28.3 Å². The topological polar surface area (TPSA) is 12.0 Å². The molecule has 0 aliphatic carbocycles. The van der Waals surface area contributed by atoms with Gasteiger partial charge in [0.1, 0.15) is 11.6 Å². The van der Waals surface area contributed by atoms with Crippen LogP contribution in [0.2, 0.25) is 0 Å². The van der Waals surface area contributed by atoms with Gasteiger partial charge in [0.05, 0.1) is 0 Å². The minimum absolute atomic E-state index is 0.0652. The van der Waals surface area contributed by atoms with Crippen LogP contribution in [-0.4, -0.2) is 0 Å². The van der Waals surface area contributed by atoms with Gasteiger partial charge in [-0.3, -0.25) is 0 Å². The third kappa shape index (κ3) is 2.98. The first-order valence-electron chi connectivity index (χ1n) is 5.51. The zero-order chi connectivity index (χ0) is 13.1. The SMILES string of the molecule is Cc1cc(I)ccc1NCc1c(F)cccc1F. The smallest absolute Gasteiger partial charge is 0.131 e. The molecule has 0 bridgehead atoms. The quantitative estimate of drug-likeness (QED) is 0.797. The van der Waals surface area contributed by atoms with E-state index >= 15 is 0 Å². The summed E-state index contributed by atoms with van der Waals surface area (Å²) in [5.41, 5.74) is 2.01. The second-order valence-corrected chi connectivity index (χ2v) is 5.26. The van der Waals surface area contributed by atoms with E-state index in [0.29, 0.717) is 0 Å². The van der Waals surface area contributed by atoms with Crippen LogP contribution in [-0.2, 0) is 6.54 Å². The van der Waals surface area contributed by atoms with Gasteiger partial charge in [0.2, 0.25) is 0 Å². The maximum Gasteiger partial charge on any atom is 0.131 e. The van der Waals surface area contributed by atoms with Gasteiger partial charge in [0.15, 0.2) is 0 Å². The van der Waals surface area contributed by atoms with Gasteiger partial charge in [-0.15, -0.1) is 0 Å². The molecule has 1 N–H and O–H groups in total. The molecule has 2 aromatic carbocycles. The molecule has 0 fully saturated rings. The molecule has 94 valence electrons. The third-order valence-corrected chi connectivity index (χ3v) is 3.38. The summed E-state index contributed by atoms with van der Waals surface area (Å²) in [7, 11) is 0. The van der Waals surface area contributed by atoms with Crippen molar-refractivity contribution in [3.63, 3.8) is 0 Å². The predicted octanol–water partition coefficient (Wildman–Crippen LogP) is 4.49. The largest absolute Gasteiger partial charge is 0.381 e. The first kappa shape index (κ1) is 13.3. The van der Waals surface area contributed by atoms with Crippen LogP contribution in [0.25, 0.3) is 0 Å². The average Bonchev–Trinajstić information content (AvgIpc) is 2.31. The molecule has 18 heavy (non-hydrogen) atoms. The fourth-order valence-electron chi connectivity index (χ4n) is 1.71. The standard InChI is InChI=1S/C14H12F2IN/c1-9-7-10(17)5-6-14(9)18-8-11-12(15)3-2-4-13(11)16/h2-7,18H,8H2,1H3. The van der Waals surface area contributed by atoms with Crippen molar-refractivity contribution in [2.75, 3.05) is 5.32 Å². The van der Waals surface area contributed by atoms with Crippen molar-refractivity contribution < 1.29 is 8.78 Å². The van der Waals surface area contributed by atoms with Crippen molar-refractivity contribution in [1.29, 1.82) is 0 Å². The number of hydrogen-bond acceptors (Lipinski definition) is 1. The van der Waals surface area contributed by atoms with Crippen LogP contribution in [0.1, 0.15) is 11.1 Å². The van der Waals surface area contributed by atoms with Gasteiger partial charge < -0.3 is 5.32 Å². The minimum atomic E-state index is -0.523. The van der Waals surface area contributed by atoms with Crippen molar-refractivity contribution in [2.45, 2.75) is 13.5 Å². The molecule has 0 saturated heterocycles. The van der Waals surface area contributed by atoms with Crippen LogP contribution >= 0.6 is 22.6 Å². The van der Waals surface area contributed by atoms with E-state index in [2.05, 4.69) is 27.9 Å². The molecule has 0 saturated carbocycles. The van der Waals surface area contributed by atoms with Gasteiger partial charge in [-0.2, -0.15) is 0 Å². The molecule has 0 spiro atoms. The number of benzene rings is 2. The number of anilines is 1. The highest BCUT2D eigenvalue weighted by Gasteiger charge is 2.08. The lowest BCUT2D eigenvalue weighted by Crippen LogP contribution is -2.05. The molecule has 0 aromatic heterocycles. The van der Waals surface area contributed by atoms with E-state index in [1.54, 1.807) is 0 Å². The highest BCUT2D eigenvalue weighted by Crippen LogP contribution is 2.20. The van der Waals surface area contributed by atoms with Gasteiger partial charge in [-0.1, -0.05) is 6.07 Å². The zero-order valence-electron chi connectivity index (χ0n) is 9.81. The highest BCUT2D eigenvalue weighted by molar-refractivity contribution is 14.1. The van der Waals surface area contributed by atoms with Crippen molar-refractivity contribution in [2.24, 2.45) is 0 Å². The summed E-state index contributed by atoms with van der Waals surface area (Å²) in [6, 6.07) is 9.77. The lowest BCUT2D eigenvalue weighted by Gasteiger charge is -2.11. The van der Waals surface area contributed by atoms with Gasteiger partial charge in [-0.05, 0) is 65.4 Å². The monoisotopic (exact) mass is 359 g/mol. The maximum absolute atomic E-state index is 13.4. The Labute approximate surface area is 118 Å². The Kier molecular flexibility index (Phi) is 4.16. The Morgan fingerprint density at radius 1 is 1.11 bits per heavy atom. The van der Waals surface area contributed by atoms with E-state index in [1.807, 2.05) is 25.1 Å². The van der Waals surface area contributed by atoms with Crippen LogP contribution < -0.4 is 5.32 Å². The van der Waals surface area contributed by atoms with Crippen molar-refractivity contribution in [1.82, 2.24) is 0 Å². The van der Waals surface area contributed by atoms with Crippen molar-refractivity contribution in [3.05, 3.63) is 62.7 Å². The van der Waals surface area contributed by atoms with Crippen LogP contribution in [0.4, 0.5) is 14.5 Å². The first-order valence-corrected chi connectivity index (χ1v) is 6.58. The van der Waals surface area contributed by atoms with Crippen LogP contribution in [0.5, 0.6) is 0 Å². The zero-order valence-corrected chi connectivity index (χ0v) is 12.0. The Hall–Kier alpha value is -1.17. The average molecular weight is 359 g/mol. The summed E-state index contributed by atoms with van der Waals surface area (Å²) in [5.74, 6) is -1.05. The summed E-state index contributed by atoms with van der Waals surface area (Å²) < 4.78 is 28.0. The molecule has 0 heterocycles. The van der Waals surface area contributed by atoms with Gasteiger partial charge in [0.25, 0.3) is 0 Å². The summed E-state index contributed by atoms with van der Waals surface area (Å²) in [6.07, 6.45) is 0. The number of hydrogen-bond donors (Lipinski definition) is 1. The van der Waals surface area contributed by atoms with Gasteiger partial charge >= 0.3 is 0 Å². The Balaban J connectivity index is 2.16. The molecule has 0 aliphatic rings. The van der Waals surface area contributed by atoms with Crippen molar-refractivity contribution in [3.8, 4) is 0 Å². The molecular formula is C14H12F2IN. The summed E-state index contributed by atoms with van der Waals surface area (Å²) in [5, 5.41) is 3.05. The molecule has 0 unspecified atom stereocenters. The normalized spacial score (nSPS) is 10.4. The third-order valence-electron chi connectivity index (χ3n) is 2.71. The molecule has 0 radical (unpaired) electrons. The second kappa shape index (κ2) is 5.65. The van der Waals surface area contributed by atoms with Crippen LogP contribution in [0, 0.1) is 22.1 Å². The van der Waals surface area contributed by atoms with E-state index in [1.165, 1.54) is 18.2 Å². The molecular weight excluding hydrogens is 347 g/mol. The lowest BCUT2D eigenvalue weighted by atomic mass is 10.1. The van der Waals surface area contributed by atoms with Gasteiger partial charge in [0, 0.05) is 21.4 Å². The number of halogens is 3. The summed E-state index contributed by atoms with van der Waals surface area (Å²) in [4.78, 5) is 0. The molecule has 2 rings (SSSR count). The highest BCUT2D eigenvalue weighted by atomic mass is 127. The van der Waals surface area contributed by atoms with Crippen LogP contribution in [0.15, 0.2) is 36.4 Å². The van der Waals surface area contributed by atoms with E-state index in [0.717, 1.165) is 14.8 Å². The van der Waals surface area contributed by atoms with E-state index in [4.69, 9.17) is 0 Å². The Morgan fingerprint density at radius 2 is 1.78 bits per heavy atom. The summed E-state index contributed by atoms with van der Waals surface area (Å²) >= 11 is 2.22. The van der Waals surface area contributed by atoms with E-state index in [9.17, 15) is 8.78 Å². The van der Waals surface area contributed by atoms with E-state index < -0.39 is 11.6 Å². The first-order chi connectivity index (χ1) is 8.58.